The lowest BCUT2D eigenvalue weighted by atomic mass is 10.7. The monoisotopic (exact) mass is 87.0 g/mol. The van der Waals surface area contributed by atoms with E-state index in [1.54, 1.807) is 0 Å². The molecular formula is C2H3N2O2. The largest absolute Gasteiger partial charge is 0.299 e. The van der Waals surface area contributed by atoms with E-state index < -0.39 is 5.91 Å². The minimum atomic E-state index is -0.921. The van der Waals surface area contributed by atoms with Crippen molar-refractivity contribution in [2.24, 2.45) is 0 Å². The highest BCUT2D eigenvalue weighted by molar-refractivity contribution is 6.23. The average Bonchev–Trinajstić information content (AvgIpc) is 1.65. The normalized spacial score (nSPS) is 6.83. The first-order valence-corrected chi connectivity index (χ1v) is 1.23. The van der Waals surface area contributed by atoms with Gasteiger partial charge in [-0.05, 0) is 0 Å². The standard InChI is InChI=1S/C2H3N2O2/c3-4-2(6)1-5/h1,3H,(H,4,6). The van der Waals surface area contributed by atoms with Gasteiger partial charge in [0.15, 0.2) is 0 Å². The maximum absolute atomic E-state index is 9.51. The first-order chi connectivity index (χ1) is 2.81. The van der Waals surface area contributed by atoms with Crippen molar-refractivity contribution < 1.29 is 9.59 Å². The van der Waals surface area contributed by atoms with E-state index in [9.17, 15) is 9.59 Å². The van der Waals surface area contributed by atoms with E-state index in [0.29, 0.717) is 0 Å². The van der Waals surface area contributed by atoms with Gasteiger partial charge in [-0.15, -0.1) is 0 Å². The van der Waals surface area contributed by atoms with Crippen LogP contribution in [0.1, 0.15) is 0 Å². The van der Waals surface area contributed by atoms with Crippen molar-refractivity contribution in [1.29, 1.82) is 0 Å². The van der Waals surface area contributed by atoms with Crippen molar-refractivity contribution in [3.05, 3.63) is 0 Å². The van der Waals surface area contributed by atoms with Gasteiger partial charge in [-0.25, -0.2) is 0 Å². The fourth-order valence-electron chi connectivity index (χ4n) is 0.0295. The predicted molar refractivity (Wildman–Crippen MR) is 17.3 cm³/mol. The molecule has 0 saturated heterocycles. The van der Waals surface area contributed by atoms with Crippen molar-refractivity contribution in [2.45, 2.75) is 0 Å². The second-order valence-electron chi connectivity index (χ2n) is 0.607. The van der Waals surface area contributed by atoms with Crippen LogP contribution in [0.15, 0.2) is 0 Å². The molecule has 0 fully saturated rings. The molecular weight excluding hydrogens is 84.0 g/mol. The second-order valence-corrected chi connectivity index (χ2v) is 0.607. The molecule has 0 aliphatic carbocycles. The van der Waals surface area contributed by atoms with Gasteiger partial charge in [0.25, 0.3) is 5.91 Å². The zero-order valence-corrected chi connectivity index (χ0v) is 2.89. The summed E-state index contributed by atoms with van der Waals surface area (Å²) in [7, 11) is 0. The molecule has 1 amide bonds. The number of amides is 1. The van der Waals surface area contributed by atoms with Crippen LogP contribution in [0.25, 0.3) is 0 Å². The van der Waals surface area contributed by atoms with Gasteiger partial charge >= 0.3 is 0 Å². The van der Waals surface area contributed by atoms with E-state index >= 15 is 0 Å². The third-order valence-electron chi connectivity index (χ3n) is 0.230. The third-order valence-corrected chi connectivity index (χ3v) is 0.230. The van der Waals surface area contributed by atoms with Crippen LogP contribution in [0.5, 0.6) is 0 Å². The predicted octanol–water partition coefficient (Wildman–Crippen LogP) is -1.50. The molecule has 0 rings (SSSR count). The third kappa shape index (κ3) is 1.42. The Morgan fingerprint density at radius 1 is 1.83 bits per heavy atom. The molecule has 0 aliphatic heterocycles. The lowest BCUT2D eigenvalue weighted by Crippen LogP contribution is -2.21. The van der Waals surface area contributed by atoms with E-state index in [-0.39, 0.29) is 6.29 Å². The van der Waals surface area contributed by atoms with E-state index in [4.69, 9.17) is 5.84 Å². The molecule has 0 saturated carbocycles. The molecule has 4 heteroatoms. The smallest absolute Gasteiger partial charge is 0.292 e. The van der Waals surface area contributed by atoms with Gasteiger partial charge in [0.05, 0.1) is 0 Å². The molecule has 2 N–H and O–H groups in total. The highest BCUT2D eigenvalue weighted by Crippen LogP contribution is 1.41. The van der Waals surface area contributed by atoms with Crippen LogP contribution >= 0.6 is 0 Å². The molecule has 0 atom stereocenters. The molecule has 0 aliphatic rings. The lowest BCUT2D eigenvalue weighted by Gasteiger charge is -1.77. The molecule has 0 heterocycles. The zero-order valence-electron chi connectivity index (χ0n) is 2.89. The summed E-state index contributed by atoms with van der Waals surface area (Å²) in [5, 5.41) is 0. The molecule has 6 heavy (non-hydrogen) atoms. The molecule has 0 unspecified atom stereocenters. The quantitative estimate of drug-likeness (QED) is 0.240. The van der Waals surface area contributed by atoms with E-state index in [2.05, 4.69) is 0 Å². The van der Waals surface area contributed by atoms with Crippen LogP contribution in [-0.4, -0.2) is 12.2 Å². The van der Waals surface area contributed by atoms with Gasteiger partial charge in [0.1, 0.15) is 0 Å². The van der Waals surface area contributed by atoms with Crippen molar-refractivity contribution in [3.63, 3.8) is 0 Å². The molecule has 33 valence electrons. The van der Waals surface area contributed by atoms with E-state index in [0.717, 1.165) is 0 Å². The van der Waals surface area contributed by atoms with Crippen molar-refractivity contribution >= 4 is 12.2 Å². The Morgan fingerprint density at radius 2 is 2.33 bits per heavy atom. The number of aldehydes is 1. The summed E-state index contributed by atoms with van der Waals surface area (Å²) in [5.74, 6) is 5.06. The second kappa shape index (κ2) is 2.34. The zero-order chi connectivity index (χ0) is 4.99. The highest BCUT2D eigenvalue weighted by atomic mass is 16.2. The minimum Gasteiger partial charge on any atom is -0.292 e. The molecule has 0 aromatic heterocycles. The first-order valence-electron chi connectivity index (χ1n) is 1.23. The summed E-state index contributed by atoms with van der Waals surface area (Å²) in [6.07, 6.45) is 0.0347. The minimum absolute atomic E-state index is 0.0347. The fourth-order valence-corrected chi connectivity index (χ4v) is 0.0295. The molecule has 0 spiro atoms. The first kappa shape index (κ1) is 5.10. The average molecular weight is 87.1 g/mol. The SMILES string of the molecule is [NH]NC(=O)C=O. The fraction of sp³-hybridized carbons (Fsp3) is 0. The van der Waals surface area contributed by atoms with E-state index in [1.165, 1.54) is 5.43 Å². The molecule has 4 nitrogen and oxygen atoms in total. The van der Waals surface area contributed by atoms with Crippen LogP contribution in [0.2, 0.25) is 0 Å². The maximum Gasteiger partial charge on any atom is 0.299 e. The molecule has 0 bridgehead atoms. The number of nitrogens with one attached hydrogen (secondary N) is 2. The molecule has 0 aromatic rings. The highest BCUT2D eigenvalue weighted by Gasteiger charge is 1.86. The van der Waals surface area contributed by atoms with Gasteiger partial charge in [-0.2, -0.15) is 5.84 Å². The number of hydrogen-bond acceptors (Lipinski definition) is 2. The Morgan fingerprint density at radius 3 is 2.33 bits per heavy atom. The lowest BCUT2D eigenvalue weighted by molar-refractivity contribution is -0.131. The summed E-state index contributed by atoms with van der Waals surface area (Å²) in [6, 6.07) is 0. The van der Waals surface area contributed by atoms with Gasteiger partial charge in [-0.3, -0.25) is 15.0 Å². The Labute approximate surface area is 34.3 Å². The molecule has 1 radical (unpaired) electrons. The summed E-state index contributed by atoms with van der Waals surface area (Å²) in [6.45, 7) is 0. The Bertz CT molecular complexity index is 69.9. The van der Waals surface area contributed by atoms with Crippen LogP contribution in [0.3, 0.4) is 0 Å². The Balaban J connectivity index is 3.23. The number of carbonyl (C=O) groups is 2. The van der Waals surface area contributed by atoms with Crippen LogP contribution < -0.4 is 11.3 Å². The molecule has 0 aromatic carbocycles. The van der Waals surface area contributed by atoms with Gasteiger partial charge < -0.3 is 0 Å². The van der Waals surface area contributed by atoms with Crippen LogP contribution in [0, 0.1) is 0 Å². The summed E-state index contributed by atoms with van der Waals surface area (Å²) >= 11 is 0. The van der Waals surface area contributed by atoms with E-state index in [1.807, 2.05) is 0 Å². The number of hydrogen-bond donors (Lipinski definition) is 1. The Hall–Kier alpha value is -0.900. The number of rotatable bonds is 1. The summed E-state index contributed by atoms with van der Waals surface area (Å²) < 4.78 is 0. The van der Waals surface area contributed by atoms with Crippen molar-refractivity contribution in [3.8, 4) is 0 Å². The van der Waals surface area contributed by atoms with Crippen molar-refractivity contribution in [2.75, 3.05) is 0 Å². The summed E-state index contributed by atoms with van der Waals surface area (Å²) in [4.78, 5) is 18.7. The number of carbonyl (C=O) groups excluding carboxylic acids is 2. The summed E-state index contributed by atoms with van der Waals surface area (Å²) in [5.41, 5.74) is 1.36. The van der Waals surface area contributed by atoms with Crippen LogP contribution in [0.4, 0.5) is 0 Å². The van der Waals surface area contributed by atoms with Gasteiger partial charge in [0, 0.05) is 0 Å². The van der Waals surface area contributed by atoms with Crippen LogP contribution in [-0.2, 0) is 9.59 Å². The maximum atomic E-state index is 9.51. The van der Waals surface area contributed by atoms with Crippen molar-refractivity contribution in [1.82, 2.24) is 11.3 Å². The topological polar surface area (TPSA) is 70.0 Å². The van der Waals surface area contributed by atoms with Gasteiger partial charge in [0.2, 0.25) is 6.29 Å². The van der Waals surface area contributed by atoms with Gasteiger partial charge in [-0.1, -0.05) is 0 Å². The Kier molecular flexibility index (Phi) is 1.99.